The lowest BCUT2D eigenvalue weighted by molar-refractivity contribution is 0.102. The molecule has 1 atom stereocenters. The van der Waals surface area contributed by atoms with Crippen LogP contribution in [0, 0.1) is 20.8 Å². The van der Waals surface area contributed by atoms with Crippen LogP contribution >= 0.6 is 0 Å². The quantitative estimate of drug-likeness (QED) is 0.0946. The topological polar surface area (TPSA) is 123 Å². The zero-order chi connectivity index (χ0) is 35.1. The number of nitrogens with zero attached hydrogens (tertiary/aromatic N) is 3. The minimum atomic E-state index is -2.02. The number of amides is 1. The number of aromatic nitrogens is 4. The van der Waals surface area contributed by atoms with Crippen molar-refractivity contribution in [1.82, 2.24) is 19.8 Å². The SMILES string of the molecule is CCCCCCCCOc1ccc(C)cc1OS(=O)Nc1cc(C(=O)Nc2c(C)cccc2C)cc(-c2nc3cc(C(C)(C)C)[nH]n3n2)c1. The highest BCUT2D eigenvalue weighted by molar-refractivity contribution is 7.82. The number of para-hydroxylation sites is 1. The van der Waals surface area contributed by atoms with Crippen molar-refractivity contribution in [3.05, 3.63) is 88.6 Å². The predicted molar refractivity (Wildman–Crippen MR) is 198 cm³/mol. The number of carbonyl (C=O) groups is 1. The Morgan fingerprint density at radius 3 is 2.37 bits per heavy atom. The van der Waals surface area contributed by atoms with Crippen LogP contribution in [0.15, 0.2) is 60.7 Å². The lowest BCUT2D eigenvalue weighted by Gasteiger charge is -2.15. The predicted octanol–water partition coefficient (Wildman–Crippen LogP) is 9.01. The highest BCUT2D eigenvalue weighted by Crippen LogP contribution is 2.31. The van der Waals surface area contributed by atoms with Gasteiger partial charge in [0, 0.05) is 34.0 Å². The van der Waals surface area contributed by atoms with Crippen molar-refractivity contribution >= 4 is 34.2 Å². The van der Waals surface area contributed by atoms with Crippen molar-refractivity contribution in [2.24, 2.45) is 0 Å². The van der Waals surface area contributed by atoms with Gasteiger partial charge in [-0.3, -0.25) is 14.6 Å². The average molecular weight is 685 g/mol. The van der Waals surface area contributed by atoms with Gasteiger partial charge in [-0.25, -0.2) is 4.98 Å². The number of H-pyrrole nitrogens is 1. The van der Waals surface area contributed by atoms with Crippen LogP contribution in [0.4, 0.5) is 11.4 Å². The van der Waals surface area contributed by atoms with Crippen molar-refractivity contribution < 1.29 is 17.9 Å². The number of hydrogen-bond donors (Lipinski definition) is 3. The monoisotopic (exact) mass is 684 g/mol. The first-order valence-corrected chi connectivity index (χ1v) is 18.1. The fourth-order valence-corrected chi connectivity index (χ4v) is 6.13. The van der Waals surface area contributed by atoms with E-state index in [1.807, 2.05) is 57.2 Å². The second-order valence-corrected chi connectivity index (χ2v) is 14.5. The van der Waals surface area contributed by atoms with Gasteiger partial charge in [-0.1, -0.05) is 84.1 Å². The van der Waals surface area contributed by atoms with Crippen LogP contribution in [0.3, 0.4) is 0 Å². The molecule has 5 aromatic rings. The molecule has 0 spiro atoms. The van der Waals surface area contributed by atoms with Gasteiger partial charge in [0.2, 0.25) is 0 Å². The summed E-state index contributed by atoms with van der Waals surface area (Å²) in [4.78, 5) is 18.4. The van der Waals surface area contributed by atoms with E-state index in [1.54, 1.807) is 28.9 Å². The highest BCUT2D eigenvalue weighted by Gasteiger charge is 2.21. The minimum Gasteiger partial charge on any atom is -0.490 e. The Morgan fingerprint density at radius 1 is 0.918 bits per heavy atom. The number of hydrogen-bond acceptors (Lipinski definition) is 6. The van der Waals surface area contributed by atoms with Crippen molar-refractivity contribution in [3.63, 3.8) is 0 Å². The number of rotatable bonds is 15. The van der Waals surface area contributed by atoms with E-state index in [2.05, 4.69) is 47.9 Å². The summed E-state index contributed by atoms with van der Waals surface area (Å²) in [5.41, 5.74) is 6.45. The number of carbonyl (C=O) groups excluding carboxylic acids is 1. The Bertz CT molecular complexity index is 1890. The molecule has 10 nitrogen and oxygen atoms in total. The Morgan fingerprint density at radius 2 is 1.65 bits per heavy atom. The molecule has 5 rings (SSSR count). The maximum absolute atomic E-state index is 13.7. The third kappa shape index (κ3) is 9.29. The van der Waals surface area contributed by atoms with Crippen LogP contribution in [0.1, 0.15) is 99.0 Å². The molecule has 2 aromatic heterocycles. The lowest BCUT2D eigenvalue weighted by Crippen LogP contribution is -2.16. The lowest BCUT2D eigenvalue weighted by atomic mass is 9.93. The first-order chi connectivity index (χ1) is 23.4. The van der Waals surface area contributed by atoms with E-state index < -0.39 is 11.3 Å². The normalized spacial score (nSPS) is 12.2. The van der Waals surface area contributed by atoms with Crippen LogP contribution in [0.25, 0.3) is 17.0 Å². The summed E-state index contributed by atoms with van der Waals surface area (Å²) in [6.07, 6.45) is 6.93. The summed E-state index contributed by atoms with van der Waals surface area (Å²) < 4.78 is 29.9. The molecule has 0 bridgehead atoms. The van der Waals surface area contributed by atoms with Gasteiger partial charge in [-0.15, -0.1) is 5.10 Å². The molecule has 0 radical (unpaired) electrons. The molecular formula is C38H48N6O4S. The van der Waals surface area contributed by atoms with Gasteiger partial charge >= 0.3 is 11.3 Å². The molecule has 49 heavy (non-hydrogen) atoms. The Kier molecular flexibility index (Phi) is 11.4. The second kappa shape index (κ2) is 15.7. The van der Waals surface area contributed by atoms with E-state index in [0.717, 1.165) is 40.9 Å². The average Bonchev–Trinajstić information content (AvgIpc) is 3.64. The number of ether oxygens (including phenoxy) is 1. The molecule has 260 valence electrons. The first kappa shape index (κ1) is 35.7. The fraction of sp³-hybridized carbons (Fsp3) is 0.395. The molecule has 0 aliphatic heterocycles. The fourth-order valence-electron chi connectivity index (χ4n) is 5.49. The molecule has 0 aliphatic carbocycles. The van der Waals surface area contributed by atoms with Crippen LogP contribution < -0.4 is 19.0 Å². The highest BCUT2D eigenvalue weighted by atomic mass is 32.2. The summed E-state index contributed by atoms with van der Waals surface area (Å²) in [5.74, 6) is 0.995. The molecule has 0 saturated carbocycles. The van der Waals surface area contributed by atoms with Crippen molar-refractivity contribution in [2.75, 3.05) is 16.6 Å². The Hall–Kier alpha value is -4.64. The van der Waals surface area contributed by atoms with E-state index in [-0.39, 0.29) is 11.3 Å². The first-order valence-electron chi connectivity index (χ1n) is 17.0. The third-order valence-electron chi connectivity index (χ3n) is 8.33. The summed E-state index contributed by atoms with van der Waals surface area (Å²) in [5, 5.41) is 11.0. The van der Waals surface area contributed by atoms with E-state index in [1.165, 1.54) is 25.7 Å². The van der Waals surface area contributed by atoms with Gasteiger partial charge in [0.05, 0.1) is 12.3 Å². The standard InChI is InChI=1S/C38H48N6O4S/c1-8-9-10-11-12-13-19-47-31-18-17-25(2)20-32(31)48-49(46)43-30-22-28(36-39-34-24-33(38(5,6)7)41-44(34)42-36)21-29(23-30)37(45)40-35-26(3)15-14-16-27(35)4/h14-18,20-24,41,43H,8-13,19H2,1-7H3,(H,40,45). The second-order valence-electron chi connectivity index (χ2n) is 13.6. The maximum atomic E-state index is 13.7. The van der Waals surface area contributed by atoms with Gasteiger partial charge in [-0.2, -0.15) is 8.84 Å². The zero-order valence-corrected chi connectivity index (χ0v) is 30.4. The van der Waals surface area contributed by atoms with Gasteiger partial charge in [-0.05, 0) is 74.2 Å². The van der Waals surface area contributed by atoms with E-state index in [4.69, 9.17) is 13.9 Å². The number of unbranched alkanes of at least 4 members (excludes halogenated alkanes) is 5. The van der Waals surface area contributed by atoms with Crippen LogP contribution in [0.5, 0.6) is 11.5 Å². The Labute approximate surface area is 291 Å². The molecule has 2 heterocycles. The zero-order valence-electron chi connectivity index (χ0n) is 29.6. The molecule has 0 aliphatic rings. The smallest absolute Gasteiger partial charge is 0.316 e. The maximum Gasteiger partial charge on any atom is 0.316 e. The summed E-state index contributed by atoms with van der Waals surface area (Å²) >= 11 is -2.02. The van der Waals surface area contributed by atoms with Crippen LogP contribution in [-0.4, -0.2) is 36.5 Å². The molecule has 1 unspecified atom stereocenters. The summed E-state index contributed by atoms with van der Waals surface area (Å²) in [6, 6.07) is 18.5. The minimum absolute atomic E-state index is 0.105. The largest absolute Gasteiger partial charge is 0.490 e. The number of aryl methyl sites for hydroxylation is 3. The summed E-state index contributed by atoms with van der Waals surface area (Å²) in [6.45, 7) is 14.9. The number of aromatic amines is 1. The number of benzene rings is 3. The van der Waals surface area contributed by atoms with Crippen molar-refractivity contribution in [3.8, 4) is 22.9 Å². The number of fused-ring (bicyclic) bond motifs is 1. The molecule has 3 N–H and O–H groups in total. The number of nitrogens with one attached hydrogen (secondary N) is 3. The van der Waals surface area contributed by atoms with Crippen molar-refractivity contribution in [2.45, 2.75) is 92.4 Å². The number of anilines is 2. The van der Waals surface area contributed by atoms with Gasteiger partial charge in [0.15, 0.2) is 23.0 Å². The van der Waals surface area contributed by atoms with Crippen LogP contribution in [0.2, 0.25) is 0 Å². The molecule has 0 saturated heterocycles. The summed E-state index contributed by atoms with van der Waals surface area (Å²) in [7, 11) is 0. The Balaban J connectivity index is 1.39. The van der Waals surface area contributed by atoms with Crippen molar-refractivity contribution in [1.29, 1.82) is 0 Å². The molecule has 3 aromatic carbocycles. The van der Waals surface area contributed by atoms with E-state index in [0.29, 0.717) is 46.4 Å². The van der Waals surface area contributed by atoms with E-state index in [9.17, 15) is 9.00 Å². The molecule has 0 fully saturated rings. The van der Waals surface area contributed by atoms with Gasteiger partial charge in [0.25, 0.3) is 5.91 Å². The van der Waals surface area contributed by atoms with E-state index >= 15 is 0 Å². The molecular weight excluding hydrogens is 637 g/mol. The van der Waals surface area contributed by atoms with Gasteiger partial charge < -0.3 is 14.2 Å². The van der Waals surface area contributed by atoms with Gasteiger partial charge in [0.1, 0.15) is 0 Å². The molecule has 11 heteroatoms. The van der Waals surface area contributed by atoms with Crippen LogP contribution in [-0.2, 0) is 16.7 Å². The third-order valence-corrected chi connectivity index (χ3v) is 9.07. The molecule has 1 amide bonds.